The smallest absolute Gasteiger partial charge is 0.306 e. The van der Waals surface area contributed by atoms with Gasteiger partial charge in [0.05, 0.1) is 24.8 Å². The summed E-state index contributed by atoms with van der Waals surface area (Å²) >= 11 is 0. The second-order valence-electron chi connectivity index (χ2n) is 4.98. The van der Waals surface area contributed by atoms with Crippen molar-refractivity contribution in [2.24, 2.45) is 0 Å². The number of aromatic nitrogens is 2. The molecule has 8 heteroatoms. The van der Waals surface area contributed by atoms with Crippen LogP contribution in [0, 0.1) is 13.8 Å². The Morgan fingerprint density at radius 2 is 2.19 bits per heavy atom. The fourth-order valence-electron chi connectivity index (χ4n) is 2.26. The molecule has 114 valence electrons. The summed E-state index contributed by atoms with van der Waals surface area (Å²) < 4.78 is 5.32. The first-order valence-electron chi connectivity index (χ1n) is 6.58. The number of aromatic amines is 1. The molecule has 0 aromatic carbocycles. The van der Waals surface area contributed by atoms with Crippen LogP contribution in [0.4, 0.5) is 0 Å². The average Bonchev–Trinajstić information content (AvgIpc) is 2.43. The minimum atomic E-state index is -0.983. The van der Waals surface area contributed by atoms with E-state index < -0.39 is 23.5 Å². The first-order chi connectivity index (χ1) is 9.90. The van der Waals surface area contributed by atoms with Gasteiger partial charge >= 0.3 is 5.97 Å². The predicted octanol–water partition coefficient (Wildman–Crippen LogP) is -0.298. The summed E-state index contributed by atoms with van der Waals surface area (Å²) in [6.07, 6.45) is -0.725. The highest BCUT2D eigenvalue weighted by Crippen LogP contribution is 2.14. The van der Waals surface area contributed by atoms with Crippen molar-refractivity contribution in [2.75, 3.05) is 19.7 Å². The van der Waals surface area contributed by atoms with Gasteiger partial charge < -0.3 is 14.7 Å². The summed E-state index contributed by atoms with van der Waals surface area (Å²) in [7, 11) is 0. The maximum absolute atomic E-state index is 12.5. The van der Waals surface area contributed by atoms with Crippen LogP contribution in [0.1, 0.15) is 28.0 Å². The van der Waals surface area contributed by atoms with Crippen LogP contribution in [-0.4, -0.2) is 57.9 Å². The number of rotatable bonds is 3. The molecule has 0 bridgehead atoms. The molecule has 1 amide bonds. The molecule has 1 fully saturated rings. The van der Waals surface area contributed by atoms with E-state index in [2.05, 4.69) is 10.2 Å². The van der Waals surface area contributed by atoms with Gasteiger partial charge in [-0.05, 0) is 19.4 Å². The highest BCUT2D eigenvalue weighted by molar-refractivity contribution is 5.95. The third-order valence-corrected chi connectivity index (χ3v) is 3.51. The lowest BCUT2D eigenvalue weighted by Gasteiger charge is -2.32. The largest absolute Gasteiger partial charge is 0.481 e. The van der Waals surface area contributed by atoms with Gasteiger partial charge in [-0.2, -0.15) is 5.10 Å². The van der Waals surface area contributed by atoms with E-state index in [9.17, 15) is 14.4 Å². The maximum atomic E-state index is 12.5. The van der Waals surface area contributed by atoms with E-state index in [1.54, 1.807) is 13.8 Å². The molecule has 2 N–H and O–H groups in total. The summed E-state index contributed by atoms with van der Waals surface area (Å²) in [6.45, 7) is 4.11. The van der Waals surface area contributed by atoms with Gasteiger partial charge in [-0.15, -0.1) is 0 Å². The van der Waals surface area contributed by atoms with Gasteiger partial charge in [-0.3, -0.25) is 14.4 Å². The monoisotopic (exact) mass is 295 g/mol. The topological polar surface area (TPSA) is 113 Å². The fraction of sp³-hybridized carbons (Fsp3) is 0.538. The molecule has 1 aromatic rings. The number of hydrogen-bond acceptors (Lipinski definition) is 5. The molecule has 1 aliphatic heterocycles. The summed E-state index contributed by atoms with van der Waals surface area (Å²) in [4.78, 5) is 36.5. The number of carboxylic acids is 1. The van der Waals surface area contributed by atoms with Gasteiger partial charge in [0.15, 0.2) is 0 Å². The molecule has 0 spiro atoms. The normalized spacial score (nSPS) is 18.6. The molecule has 21 heavy (non-hydrogen) atoms. The van der Waals surface area contributed by atoms with Crippen LogP contribution >= 0.6 is 0 Å². The molecule has 2 rings (SSSR count). The number of carbonyl (C=O) groups excluding carboxylic acids is 1. The van der Waals surface area contributed by atoms with Crippen LogP contribution in [0.25, 0.3) is 0 Å². The van der Waals surface area contributed by atoms with Gasteiger partial charge in [0.1, 0.15) is 5.56 Å². The molecule has 1 saturated heterocycles. The number of ether oxygens (including phenoxy) is 1. The lowest BCUT2D eigenvalue weighted by atomic mass is 10.1. The van der Waals surface area contributed by atoms with Gasteiger partial charge in [0, 0.05) is 13.1 Å². The van der Waals surface area contributed by atoms with E-state index in [0.29, 0.717) is 17.8 Å². The molecule has 1 atom stereocenters. The van der Waals surface area contributed by atoms with E-state index in [1.807, 2.05) is 0 Å². The van der Waals surface area contributed by atoms with E-state index in [0.717, 1.165) is 0 Å². The quantitative estimate of drug-likeness (QED) is 0.792. The van der Waals surface area contributed by atoms with Crippen molar-refractivity contribution in [3.05, 3.63) is 27.2 Å². The Labute approximate surface area is 120 Å². The zero-order valence-electron chi connectivity index (χ0n) is 11.9. The second kappa shape index (κ2) is 6.04. The van der Waals surface area contributed by atoms with Crippen LogP contribution in [0.15, 0.2) is 4.79 Å². The number of morpholine rings is 1. The Kier molecular flexibility index (Phi) is 4.37. The zero-order valence-corrected chi connectivity index (χ0v) is 11.9. The zero-order chi connectivity index (χ0) is 15.6. The Morgan fingerprint density at radius 1 is 1.48 bits per heavy atom. The van der Waals surface area contributed by atoms with E-state index in [1.165, 1.54) is 4.90 Å². The van der Waals surface area contributed by atoms with Crippen molar-refractivity contribution in [2.45, 2.75) is 26.4 Å². The molecule has 1 unspecified atom stereocenters. The third-order valence-electron chi connectivity index (χ3n) is 3.51. The number of amides is 1. The highest BCUT2D eigenvalue weighted by Gasteiger charge is 2.29. The van der Waals surface area contributed by atoms with Crippen LogP contribution in [0.5, 0.6) is 0 Å². The van der Waals surface area contributed by atoms with E-state index in [-0.39, 0.29) is 25.1 Å². The molecule has 8 nitrogen and oxygen atoms in total. The molecule has 2 heterocycles. The van der Waals surface area contributed by atoms with Gasteiger partial charge in [-0.25, -0.2) is 5.10 Å². The molecular formula is C13H17N3O5. The molecule has 1 aromatic heterocycles. The Bertz CT molecular complexity index is 625. The standard InChI is InChI=1S/C13H17N3O5/c1-7-8(2)14-15-12(19)11(7)13(20)16-3-4-21-9(6-16)5-10(17)18/h9H,3-6H2,1-2H3,(H,15,19)(H,17,18). The number of H-pyrrole nitrogens is 1. The number of carboxylic acid groups (broad SMARTS) is 1. The number of hydrogen-bond donors (Lipinski definition) is 2. The Morgan fingerprint density at radius 3 is 2.86 bits per heavy atom. The van der Waals surface area contributed by atoms with Crippen LogP contribution < -0.4 is 5.56 Å². The second-order valence-corrected chi connectivity index (χ2v) is 4.98. The molecule has 0 saturated carbocycles. The summed E-state index contributed by atoms with van der Waals surface area (Å²) in [5.74, 6) is -1.40. The van der Waals surface area contributed by atoms with Crippen LogP contribution in [0.3, 0.4) is 0 Å². The number of nitrogens with one attached hydrogen (secondary N) is 1. The number of carbonyl (C=O) groups is 2. The minimum absolute atomic E-state index is 0.0541. The summed E-state index contributed by atoms with van der Waals surface area (Å²) in [5.41, 5.74) is 0.626. The number of aliphatic carboxylic acids is 1. The number of nitrogens with zero attached hydrogens (tertiary/aromatic N) is 2. The molecule has 0 radical (unpaired) electrons. The lowest BCUT2D eigenvalue weighted by molar-refractivity contribution is -0.141. The highest BCUT2D eigenvalue weighted by atomic mass is 16.5. The van der Waals surface area contributed by atoms with E-state index >= 15 is 0 Å². The van der Waals surface area contributed by atoms with Crippen molar-refractivity contribution in [1.82, 2.24) is 15.1 Å². The Hall–Kier alpha value is -2.22. The number of aryl methyl sites for hydroxylation is 1. The Balaban J connectivity index is 2.22. The fourth-order valence-corrected chi connectivity index (χ4v) is 2.26. The maximum Gasteiger partial charge on any atom is 0.306 e. The van der Waals surface area contributed by atoms with Crippen molar-refractivity contribution in [3.63, 3.8) is 0 Å². The predicted molar refractivity (Wildman–Crippen MR) is 72.2 cm³/mol. The van der Waals surface area contributed by atoms with Crippen LogP contribution in [0.2, 0.25) is 0 Å². The first kappa shape index (κ1) is 15.2. The minimum Gasteiger partial charge on any atom is -0.481 e. The molecule has 1 aliphatic rings. The third kappa shape index (κ3) is 3.27. The lowest BCUT2D eigenvalue weighted by Crippen LogP contribution is -2.47. The van der Waals surface area contributed by atoms with Crippen LogP contribution in [-0.2, 0) is 9.53 Å². The van der Waals surface area contributed by atoms with Crippen molar-refractivity contribution < 1.29 is 19.4 Å². The van der Waals surface area contributed by atoms with Gasteiger partial charge in [0.2, 0.25) is 0 Å². The van der Waals surface area contributed by atoms with Gasteiger partial charge in [-0.1, -0.05) is 0 Å². The van der Waals surface area contributed by atoms with Gasteiger partial charge in [0.25, 0.3) is 11.5 Å². The molecular weight excluding hydrogens is 278 g/mol. The van der Waals surface area contributed by atoms with E-state index in [4.69, 9.17) is 9.84 Å². The van der Waals surface area contributed by atoms with Crippen molar-refractivity contribution >= 4 is 11.9 Å². The van der Waals surface area contributed by atoms with Crippen molar-refractivity contribution in [1.29, 1.82) is 0 Å². The summed E-state index contributed by atoms with van der Waals surface area (Å²) in [5, 5.41) is 14.9. The van der Waals surface area contributed by atoms with Crippen molar-refractivity contribution in [3.8, 4) is 0 Å². The SMILES string of the molecule is Cc1n[nH]c(=O)c(C(=O)N2CCOC(CC(=O)O)C2)c1C. The first-order valence-corrected chi connectivity index (χ1v) is 6.58. The summed E-state index contributed by atoms with van der Waals surface area (Å²) in [6, 6.07) is 0. The molecule has 0 aliphatic carbocycles. The average molecular weight is 295 g/mol.